The minimum Gasteiger partial charge on any atom is -0.392 e. The van der Waals surface area contributed by atoms with Crippen LogP contribution < -0.4 is 0 Å². The normalized spacial score (nSPS) is 19.5. The van der Waals surface area contributed by atoms with Crippen LogP contribution in [0.15, 0.2) is 12.3 Å². The van der Waals surface area contributed by atoms with Crippen LogP contribution >= 0.6 is 0 Å². The van der Waals surface area contributed by atoms with E-state index in [4.69, 9.17) is 0 Å². The van der Waals surface area contributed by atoms with Gasteiger partial charge in [-0.05, 0) is 18.9 Å². The average Bonchev–Trinajstić information content (AvgIpc) is 2.76. The first-order valence-electron chi connectivity index (χ1n) is 6.84. The number of nitrogens with zero attached hydrogens (tertiary/aromatic N) is 2. The van der Waals surface area contributed by atoms with Crippen LogP contribution in [0.5, 0.6) is 0 Å². The first-order chi connectivity index (χ1) is 8.94. The Bertz CT molecular complexity index is 504. The molecule has 1 heterocycles. The Kier molecular flexibility index (Phi) is 4.62. The fourth-order valence-corrected chi connectivity index (χ4v) is 3.50. The zero-order valence-corrected chi connectivity index (χ0v) is 12.1. The second-order valence-corrected chi connectivity index (χ2v) is 7.71. The maximum atomic E-state index is 11.1. The molecule has 1 fully saturated rings. The lowest BCUT2D eigenvalue weighted by Crippen LogP contribution is -2.22. The second-order valence-electron chi connectivity index (χ2n) is 5.53. The summed E-state index contributed by atoms with van der Waals surface area (Å²) in [4.78, 5) is 0. The van der Waals surface area contributed by atoms with Gasteiger partial charge < -0.3 is 5.11 Å². The fourth-order valence-electron chi connectivity index (χ4n) is 2.69. The van der Waals surface area contributed by atoms with E-state index in [1.807, 2.05) is 16.9 Å². The molecule has 1 N–H and O–H groups in total. The van der Waals surface area contributed by atoms with E-state index in [1.165, 1.54) is 19.3 Å². The van der Waals surface area contributed by atoms with Gasteiger partial charge in [0.25, 0.3) is 0 Å². The van der Waals surface area contributed by atoms with Crippen molar-refractivity contribution in [1.82, 2.24) is 9.78 Å². The van der Waals surface area contributed by atoms with Gasteiger partial charge in [0.15, 0.2) is 0 Å². The molecule has 1 aliphatic carbocycles. The second kappa shape index (κ2) is 6.05. The molecule has 1 atom stereocenters. The number of hydrogen-bond donors (Lipinski definition) is 1. The molecule has 1 aromatic rings. The van der Waals surface area contributed by atoms with Crippen molar-refractivity contribution in [2.45, 2.75) is 50.7 Å². The minimum absolute atomic E-state index is 0.205. The van der Waals surface area contributed by atoms with Crippen LogP contribution in [0.4, 0.5) is 0 Å². The summed E-state index contributed by atoms with van der Waals surface area (Å²) in [5, 5.41) is 14.2. The molecule has 1 aromatic heterocycles. The molecule has 0 aliphatic heterocycles. The van der Waals surface area contributed by atoms with Gasteiger partial charge in [-0.3, -0.25) is 4.68 Å². The molecule has 1 unspecified atom stereocenters. The summed E-state index contributed by atoms with van der Waals surface area (Å²) < 4.78 is 24.2. The molecule has 0 radical (unpaired) electrons. The Hall–Kier alpha value is -0.880. The highest BCUT2D eigenvalue weighted by atomic mass is 32.2. The first kappa shape index (κ1) is 14.5. The molecule has 0 spiro atoms. The standard InChI is InChI=1S/C13H22N2O3S/c1-19(17,18)10-13(16)9-11-7-8-15(14-11)12-5-3-2-4-6-12/h7-8,12-13,16H,2-6,9-10H2,1H3. The van der Waals surface area contributed by atoms with Crippen LogP contribution in [-0.4, -0.2) is 41.4 Å². The van der Waals surface area contributed by atoms with Gasteiger partial charge in [-0.15, -0.1) is 0 Å². The maximum Gasteiger partial charge on any atom is 0.150 e. The lowest BCUT2D eigenvalue weighted by molar-refractivity contribution is 0.196. The monoisotopic (exact) mass is 286 g/mol. The molecule has 0 saturated heterocycles. The van der Waals surface area contributed by atoms with Gasteiger partial charge in [0.1, 0.15) is 9.84 Å². The van der Waals surface area contributed by atoms with Gasteiger partial charge in [0.2, 0.25) is 0 Å². The number of rotatable bonds is 5. The van der Waals surface area contributed by atoms with Gasteiger partial charge in [-0.25, -0.2) is 8.42 Å². The Morgan fingerprint density at radius 2 is 2.11 bits per heavy atom. The highest BCUT2D eigenvalue weighted by Crippen LogP contribution is 2.27. The fraction of sp³-hybridized carbons (Fsp3) is 0.769. The molecule has 6 heteroatoms. The first-order valence-corrected chi connectivity index (χ1v) is 8.90. The molecule has 19 heavy (non-hydrogen) atoms. The van der Waals surface area contributed by atoms with E-state index >= 15 is 0 Å². The summed E-state index contributed by atoms with van der Waals surface area (Å²) >= 11 is 0. The quantitative estimate of drug-likeness (QED) is 0.886. The maximum absolute atomic E-state index is 11.1. The summed E-state index contributed by atoms with van der Waals surface area (Å²) in [5.41, 5.74) is 0.765. The van der Waals surface area contributed by atoms with Crippen LogP contribution in [-0.2, 0) is 16.3 Å². The van der Waals surface area contributed by atoms with Crippen molar-refractivity contribution in [3.63, 3.8) is 0 Å². The topological polar surface area (TPSA) is 72.2 Å². The minimum atomic E-state index is -3.14. The summed E-state index contributed by atoms with van der Waals surface area (Å²) in [5.74, 6) is -0.205. The zero-order chi connectivity index (χ0) is 13.9. The zero-order valence-electron chi connectivity index (χ0n) is 11.3. The Morgan fingerprint density at radius 1 is 1.42 bits per heavy atom. The van der Waals surface area contributed by atoms with Crippen LogP contribution in [0.1, 0.15) is 43.8 Å². The van der Waals surface area contributed by atoms with Crippen molar-refractivity contribution in [2.24, 2.45) is 0 Å². The molecule has 5 nitrogen and oxygen atoms in total. The summed E-state index contributed by atoms with van der Waals surface area (Å²) in [6, 6.07) is 2.34. The van der Waals surface area contributed by atoms with Crippen LogP contribution in [0, 0.1) is 0 Å². The Balaban J connectivity index is 1.93. The van der Waals surface area contributed by atoms with E-state index in [0.29, 0.717) is 12.5 Å². The number of aromatic nitrogens is 2. The Labute approximate surface area is 114 Å². The number of aliphatic hydroxyl groups excluding tert-OH is 1. The molecular weight excluding hydrogens is 264 g/mol. The van der Waals surface area contributed by atoms with Gasteiger partial charge in [0, 0.05) is 18.9 Å². The van der Waals surface area contributed by atoms with Crippen molar-refractivity contribution in [3.05, 3.63) is 18.0 Å². The summed E-state index contributed by atoms with van der Waals surface area (Å²) in [6.07, 6.45) is 8.62. The Morgan fingerprint density at radius 3 is 2.74 bits per heavy atom. The molecule has 0 amide bonds. The van der Waals surface area contributed by atoms with E-state index in [1.54, 1.807) is 0 Å². The number of hydrogen-bond acceptors (Lipinski definition) is 4. The highest BCUT2D eigenvalue weighted by molar-refractivity contribution is 7.90. The van der Waals surface area contributed by atoms with Crippen molar-refractivity contribution in [2.75, 3.05) is 12.0 Å². The predicted molar refractivity (Wildman–Crippen MR) is 73.8 cm³/mol. The van der Waals surface area contributed by atoms with E-state index in [2.05, 4.69) is 5.10 Å². The smallest absolute Gasteiger partial charge is 0.150 e. The van der Waals surface area contributed by atoms with Crippen molar-refractivity contribution in [1.29, 1.82) is 0 Å². The number of aliphatic hydroxyl groups is 1. The van der Waals surface area contributed by atoms with Crippen molar-refractivity contribution >= 4 is 9.84 Å². The van der Waals surface area contributed by atoms with E-state index in [9.17, 15) is 13.5 Å². The largest absolute Gasteiger partial charge is 0.392 e. The molecule has 1 aliphatic rings. The molecular formula is C13H22N2O3S. The van der Waals surface area contributed by atoms with Crippen molar-refractivity contribution in [3.8, 4) is 0 Å². The lowest BCUT2D eigenvalue weighted by Gasteiger charge is -2.21. The molecule has 2 rings (SSSR count). The third-order valence-corrected chi connectivity index (χ3v) is 4.54. The van der Waals surface area contributed by atoms with E-state index in [-0.39, 0.29) is 5.75 Å². The van der Waals surface area contributed by atoms with Gasteiger partial charge in [0.05, 0.1) is 23.6 Å². The third-order valence-electron chi connectivity index (χ3n) is 3.55. The average molecular weight is 286 g/mol. The van der Waals surface area contributed by atoms with Gasteiger partial charge in [-0.2, -0.15) is 5.10 Å². The number of sulfone groups is 1. The molecule has 0 bridgehead atoms. The third kappa shape index (κ3) is 4.62. The lowest BCUT2D eigenvalue weighted by atomic mass is 9.96. The highest BCUT2D eigenvalue weighted by Gasteiger charge is 2.18. The molecule has 108 valence electrons. The van der Waals surface area contributed by atoms with Crippen molar-refractivity contribution < 1.29 is 13.5 Å². The van der Waals surface area contributed by atoms with Crippen LogP contribution in [0.3, 0.4) is 0 Å². The predicted octanol–water partition coefficient (Wildman–Crippen LogP) is 1.34. The SMILES string of the molecule is CS(=O)(=O)CC(O)Cc1ccn(C2CCCCC2)n1. The summed E-state index contributed by atoms with van der Waals surface area (Å²) in [7, 11) is -3.14. The van der Waals surface area contributed by atoms with E-state index in [0.717, 1.165) is 24.8 Å². The van der Waals surface area contributed by atoms with Gasteiger partial charge >= 0.3 is 0 Å². The van der Waals surface area contributed by atoms with Gasteiger partial charge in [-0.1, -0.05) is 19.3 Å². The summed E-state index contributed by atoms with van der Waals surface area (Å²) in [6.45, 7) is 0. The van der Waals surface area contributed by atoms with Crippen LogP contribution in [0.2, 0.25) is 0 Å². The molecule has 0 aromatic carbocycles. The molecule has 1 saturated carbocycles. The van der Waals surface area contributed by atoms with Crippen LogP contribution in [0.25, 0.3) is 0 Å². The van der Waals surface area contributed by atoms with E-state index < -0.39 is 15.9 Å².